The lowest BCUT2D eigenvalue weighted by Crippen LogP contribution is -2.32. The van der Waals surface area contributed by atoms with E-state index in [0.29, 0.717) is 5.92 Å². The third-order valence-electron chi connectivity index (χ3n) is 5.72. The van der Waals surface area contributed by atoms with E-state index in [9.17, 15) is 0 Å². The zero-order valence-electron chi connectivity index (χ0n) is 16.3. The Morgan fingerprint density at radius 3 is 2.52 bits per heavy atom. The molecule has 3 aromatic carbocycles. The molecule has 0 N–H and O–H groups in total. The first-order valence-electron chi connectivity index (χ1n) is 9.70. The number of rotatable bonds is 2. The van der Waals surface area contributed by atoms with Gasteiger partial charge in [-0.05, 0) is 47.1 Å². The van der Waals surface area contributed by atoms with Crippen LogP contribution in [-0.2, 0) is 13.5 Å². The van der Waals surface area contributed by atoms with Gasteiger partial charge in [-0.1, -0.05) is 50.2 Å². The van der Waals surface area contributed by atoms with Crippen molar-refractivity contribution in [3.8, 4) is 22.8 Å². The molecule has 27 heavy (non-hydrogen) atoms. The summed E-state index contributed by atoms with van der Waals surface area (Å²) in [5, 5.41) is 5.08. The van der Waals surface area contributed by atoms with Crippen LogP contribution in [-0.4, -0.2) is 0 Å². The Balaban J connectivity index is 2.00. The summed E-state index contributed by atoms with van der Waals surface area (Å²) in [6.45, 7) is 6.79. The van der Waals surface area contributed by atoms with Crippen LogP contribution in [0.2, 0.25) is 0 Å². The van der Waals surface area contributed by atoms with Gasteiger partial charge in [-0.25, -0.2) is 4.57 Å². The summed E-state index contributed by atoms with van der Waals surface area (Å²) >= 11 is 0. The van der Waals surface area contributed by atoms with E-state index >= 15 is 0 Å². The summed E-state index contributed by atoms with van der Waals surface area (Å²) in [6.07, 6.45) is 3.16. The Hall–Kier alpha value is -2.87. The summed E-state index contributed by atoms with van der Waals surface area (Å²) in [4.78, 5) is 0. The quantitative estimate of drug-likeness (QED) is 0.349. The third kappa shape index (κ3) is 2.29. The van der Waals surface area contributed by atoms with Crippen LogP contribution < -0.4 is 9.30 Å². The first-order valence-corrected chi connectivity index (χ1v) is 9.70. The molecule has 0 saturated heterocycles. The van der Waals surface area contributed by atoms with E-state index in [1.807, 2.05) is 0 Å². The van der Waals surface area contributed by atoms with Crippen LogP contribution in [0.15, 0.2) is 54.7 Å². The molecule has 134 valence electrons. The van der Waals surface area contributed by atoms with Gasteiger partial charge in [0.1, 0.15) is 18.5 Å². The maximum Gasteiger partial charge on any atom is 0.228 e. The van der Waals surface area contributed by atoms with Gasteiger partial charge >= 0.3 is 0 Å². The largest absolute Gasteiger partial charge is 0.455 e. The number of fused-ring (bicyclic) bond motifs is 3. The first-order chi connectivity index (χ1) is 13.1. The lowest BCUT2D eigenvalue weighted by atomic mass is 9.86. The van der Waals surface area contributed by atoms with Crippen LogP contribution in [0, 0.1) is 12.8 Å². The van der Waals surface area contributed by atoms with Crippen molar-refractivity contribution in [2.45, 2.75) is 27.2 Å². The van der Waals surface area contributed by atoms with Crippen molar-refractivity contribution in [1.29, 1.82) is 0 Å². The Morgan fingerprint density at radius 1 is 0.963 bits per heavy atom. The second kappa shape index (κ2) is 5.82. The highest BCUT2D eigenvalue weighted by molar-refractivity contribution is 6.06. The van der Waals surface area contributed by atoms with Gasteiger partial charge in [0.05, 0.1) is 10.9 Å². The Bertz CT molecular complexity index is 1220. The van der Waals surface area contributed by atoms with Crippen LogP contribution >= 0.6 is 0 Å². The molecule has 0 fully saturated rings. The van der Waals surface area contributed by atoms with Gasteiger partial charge in [0, 0.05) is 11.6 Å². The highest BCUT2D eigenvalue weighted by Gasteiger charge is 2.32. The monoisotopic (exact) mass is 354 g/mol. The van der Waals surface area contributed by atoms with E-state index in [2.05, 4.69) is 87.1 Å². The highest BCUT2D eigenvalue weighted by atomic mass is 16.5. The van der Waals surface area contributed by atoms with Crippen molar-refractivity contribution < 1.29 is 9.30 Å². The Kier molecular flexibility index (Phi) is 3.51. The predicted octanol–water partition coefficient (Wildman–Crippen LogP) is 6.10. The van der Waals surface area contributed by atoms with E-state index in [-0.39, 0.29) is 0 Å². The van der Waals surface area contributed by atoms with Crippen LogP contribution in [0.3, 0.4) is 0 Å². The maximum absolute atomic E-state index is 6.61. The lowest BCUT2D eigenvalue weighted by molar-refractivity contribution is -0.659. The molecule has 0 amide bonds. The fourth-order valence-electron chi connectivity index (χ4n) is 4.54. The molecule has 1 aliphatic heterocycles. The molecule has 1 aliphatic rings. The molecule has 0 spiro atoms. The second-order valence-corrected chi connectivity index (χ2v) is 8.05. The minimum absolute atomic E-state index is 0.561. The van der Waals surface area contributed by atoms with Gasteiger partial charge in [-0.3, -0.25) is 0 Å². The smallest absolute Gasteiger partial charge is 0.228 e. The van der Waals surface area contributed by atoms with Gasteiger partial charge in [-0.2, -0.15) is 0 Å². The summed E-state index contributed by atoms with van der Waals surface area (Å²) < 4.78 is 8.86. The maximum atomic E-state index is 6.61. The summed E-state index contributed by atoms with van der Waals surface area (Å²) in [5.74, 6) is 2.57. The minimum Gasteiger partial charge on any atom is -0.455 e. The zero-order valence-corrected chi connectivity index (χ0v) is 16.3. The minimum atomic E-state index is 0.561. The molecule has 2 heterocycles. The first kappa shape index (κ1) is 16.3. The van der Waals surface area contributed by atoms with Crippen molar-refractivity contribution in [2.75, 3.05) is 0 Å². The van der Waals surface area contributed by atoms with Crippen molar-refractivity contribution >= 4 is 21.5 Å². The number of ether oxygens (including phenoxy) is 1. The van der Waals surface area contributed by atoms with Gasteiger partial charge < -0.3 is 4.74 Å². The van der Waals surface area contributed by atoms with Crippen molar-refractivity contribution in [3.63, 3.8) is 0 Å². The van der Waals surface area contributed by atoms with Crippen LogP contribution in [0.1, 0.15) is 25.0 Å². The molecule has 4 aromatic rings. The summed E-state index contributed by atoms with van der Waals surface area (Å²) in [7, 11) is 2.14. The standard InChI is InChI=1S/C25H24NO/c1-15(2)14-20-19-10-6-5-9-18(19)16(3)22-24-23-17(12-13-26(24)4)8-7-11-21(23)27-25(20)22/h5-13,15H,14H2,1-4H3/q+1. The van der Waals surface area contributed by atoms with E-state index in [4.69, 9.17) is 4.74 Å². The molecule has 0 aliphatic carbocycles. The number of aryl methyl sites for hydroxylation is 2. The fraction of sp³-hybridized carbons (Fsp3) is 0.240. The van der Waals surface area contributed by atoms with Gasteiger partial charge in [0.25, 0.3) is 0 Å². The highest BCUT2D eigenvalue weighted by Crippen LogP contribution is 2.50. The van der Waals surface area contributed by atoms with Crippen molar-refractivity contribution in [2.24, 2.45) is 13.0 Å². The topological polar surface area (TPSA) is 13.1 Å². The van der Waals surface area contributed by atoms with Crippen molar-refractivity contribution in [3.05, 3.63) is 65.9 Å². The number of pyridine rings is 1. The Morgan fingerprint density at radius 2 is 1.74 bits per heavy atom. The molecule has 2 nitrogen and oxygen atoms in total. The molecule has 0 bridgehead atoms. The average Bonchev–Trinajstić information content (AvgIpc) is 2.67. The molecular weight excluding hydrogens is 330 g/mol. The number of hydrogen-bond donors (Lipinski definition) is 0. The number of nitrogens with zero attached hydrogens (tertiary/aromatic N) is 1. The molecule has 2 heteroatoms. The van der Waals surface area contributed by atoms with E-state index < -0.39 is 0 Å². The van der Waals surface area contributed by atoms with Gasteiger partial charge in [0.15, 0.2) is 6.20 Å². The number of hydrogen-bond acceptors (Lipinski definition) is 1. The molecule has 0 radical (unpaired) electrons. The normalized spacial score (nSPS) is 12.5. The predicted molar refractivity (Wildman–Crippen MR) is 111 cm³/mol. The second-order valence-electron chi connectivity index (χ2n) is 8.05. The number of benzene rings is 3. The Labute approximate surface area is 160 Å². The SMILES string of the molecule is Cc1c2c(c(CC(C)C)c3ccccc13)Oc1cccc3cc[n+](C)c-2c13. The van der Waals surface area contributed by atoms with E-state index in [1.165, 1.54) is 43.9 Å². The zero-order chi connectivity index (χ0) is 18.7. The molecule has 0 atom stereocenters. The third-order valence-corrected chi connectivity index (χ3v) is 5.72. The van der Waals surface area contributed by atoms with Crippen LogP contribution in [0.5, 0.6) is 11.5 Å². The average molecular weight is 354 g/mol. The van der Waals surface area contributed by atoms with E-state index in [1.54, 1.807) is 0 Å². The molecule has 1 aromatic heterocycles. The number of aromatic nitrogens is 1. The molecule has 0 saturated carbocycles. The van der Waals surface area contributed by atoms with Gasteiger partial charge in [0.2, 0.25) is 5.69 Å². The summed E-state index contributed by atoms with van der Waals surface area (Å²) in [6, 6.07) is 17.3. The fourth-order valence-corrected chi connectivity index (χ4v) is 4.54. The van der Waals surface area contributed by atoms with Crippen LogP contribution in [0.4, 0.5) is 0 Å². The van der Waals surface area contributed by atoms with Crippen molar-refractivity contribution in [1.82, 2.24) is 0 Å². The van der Waals surface area contributed by atoms with Crippen LogP contribution in [0.25, 0.3) is 32.8 Å². The summed E-state index contributed by atoms with van der Waals surface area (Å²) in [5.41, 5.74) is 5.13. The van der Waals surface area contributed by atoms with Gasteiger partial charge in [-0.15, -0.1) is 0 Å². The lowest BCUT2D eigenvalue weighted by Gasteiger charge is -2.25. The molecule has 0 unspecified atom stereocenters. The van der Waals surface area contributed by atoms with E-state index in [0.717, 1.165) is 17.9 Å². The molecule has 5 rings (SSSR count). The molecular formula is C25H24NO+.